The molecule has 1 heterocycles. The van der Waals surface area contributed by atoms with E-state index in [2.05, 4.69) is 161 Å². The Hall–Kier alpha value is -4.88. The molecule has 0 aliphatic carbocycles. The van der Waals surface area contributed by atoms with Crippen molar-refractivity contribution in [3.05, 3.63) is 144 Å². The van der Waals surface area contributed by atoms with Gasteiger partial charge in [0.05, 0.1) is 5.52 Å². The van der Waals surface area contributed by atoms with Crippen LogP contribution in [0.1, 0.15) is 22.3 Å². The van der Waals surface area contributed by atoms with Crippen LogP contribution in [0.5, 0.6) is 0 Å². The van der Waals surface area contributed by atoms with Gasteiger partial charge in [0.2, 0.25) is 0 Å². The zero-order valence-electron chi connectivity index (χ0n) is 25.0. The van der Waals surface area contributed by atoms with Crippen LogP contribution >= 0.6 is 0 Å². The van der Waals surface area contributed by atoms with Gasteiger partial charge in [-0.15, -0.1) is 0 Å². The smallest absolute Gasteiger partial charge is 0.0581 e. The summed E-state index contributed by atoms with van der Waals surface area (Å²) in [5, 5.41) is 2.58. The molecule has 204 valence electrons. The van der Waals surface area contributed by atoms with Crippen molar-refractivity contribution < 1.29 is 0 Å². The van der Waals surface area contributed by atoms with Crippen molar-refractivity contribution in [2.24, 2.45) is 7.05 Å². The van der Waals surface area contributed by atoms with Crippen molar-refractivity contribution in [2.45, 2.75) is 27.7 Å². The standard InChI is InChI=1S/C41H35N/c1-26-10-18-30(19-11-26)36-37(31-20-12-27(2)13-21-31)39(33-24-16-29(4)17-25-33)41-40(34-8-6-7-9-35(34)42(41)5)38(36)32-22-14-28(3)15-23-32/h6-25H,1-5H3. The molecule has 0 saturated carbocycles. The van der Waals surface area contributed by atoms with E-state index >= 15 is 0 Å². The fourth-order valence-corrected chi connectivity index (χ4v) is 6.46. The predicted molar refractivity (Wildman–Crippen MR) is 181 cm³/mol. The molecule has 0 bridgehead atoms. The second-order valence-corrected chi connectivity index (χ2v) is 11.8. The van der Waals surface area contributed by atoms with Gasteiger partial charge in [-0.1, -0.05) is 138 Å². The van der Waals surface area contributed by atoms with Gasteiger partial charge in [-0.05, 0) is 61.6 Å². The third kappa shape index (κ3) is 4.25. The van der Waals surface area contributed by atoms with Crippen LogP contribution in [0.25, 0.3) is 66.3 Å². The van der Waals surface area contributed by atoms with Crippen LogP contribution in [0, 0.1) is 27.7 Å². The first-order valence-corrected chi connectivity index (χ1v) is 14.8. The van der Waals surface area contributed by atoms with E-state index in [1.54, 1.807) is 0 Å². The first-order valence-electron chi connectivity index (χ1n) is 14.8. The number of fused-ring (bicyclic) bond motifs is 3. The van der Waals surface area contributed by atoms with Crippen molar-refractivity contribution in [1.29, 1.82) is 0 Å². The summed E-state index contributed by atoms with van der Waals surface area (Å²) in [6, 6.07) is 45.2. The maximum atomic E-state index is 2.41. The molecular formula is C41H35N. The van der Waals surface area contributed by atoms with Crippen LogP contribution < -0.4 is 0 Å². The lowest BCUT2D eigenvalue weighted by Gasteiger charge is -2.24. The highest BCUT2D eigenvalue weighted by molar-refractivity contribution is 6.25. The monoisotopic (exact) mass is 541 g/mol. The summed E-state index contributed by atoms with van der Waals surface area (Å²) in [5.74, 6) is 0. The maximum absolute atomic E-state index is 2.41. The van der Waals surface area contributed by atoms with E-state index in [9.17, 15) is 0 Å². The normalized spacial score (nSPS) is 11.5. The number of aromatic nitrogens is 1. The Bertz CT molecular complexity index is 2070. The van der Waals surface area contributed by atoms with Gasteiger partial charge >= 0.3 is 0 Å². The molecule has 0 radical (unpaired) electrons. The Morgan fingerprint density at radius 3 is 1.19 bits per heavy atom. The number of hydrogen-bond donors (Lipinski definition) is 0. The summed E-state index contributed by atoms with van der Waals surface area (Å²) in [5.41, 5.74) is 17.6. The molecule has 7 aromatic rings. The van der Waals surface area contributed by atoms with Crippen molar-refractivity contribution in [2.75, 3.05) is 0 Å². The highest BCUT2D eigenvalue weighted by Gasteiger charge is 2.27. The van der Waals surface area contributed by atoms with Crippen molar-refractivity contribution in [1.82, 2.24) is 4.57 Å². The molecule has 0 atom stereocenters. The zero-order chi connectivity index (χ0) is 29.0. The molecular weight excluding hydrogens is 506 g/mol. The molecule has 0 aliphatic rings. The Labute approximate surface area is 248 Å². The van der Waals surface area contributed by atoms with E-state index in [-0.39, 0.29) is 0 Å². The molecule has 0 N–H and O–H groups in total. The van der Waals surface area contributed by atoms with Crippen LogP contribution in [0.15, 0.2) is 121 Å². The number of hydrogen-bond acceptors (Lipinski definition) is 0. The van der Waals surface area contributed by atoms with E-state index in [1.807, 2.05) is 0 Å². The number of benzene rings is 6. The summed E-state index contributed by atoms with van der Waals surface area (Å²) >= 11 is 0. The molecule has 0 spiro atoms. The minimum absolute atomic E-state index is 1.23. The van der Waals surface area contributed by atoms with Gasteiger partial charge in [0.1, 0.15) is 0 Å². The fourth-order valence-electron chi connectivity index (χ4n) is 6.46. The molecule has 0 unspecified atom stereocenters. The van der Waals surface area contributed by atoms with E-state index in [4.69, 9.17) is 0 Å². The fraction of sp³-hybridized carbons (Fsp3) is 0.122. The van der Waals surface area contributed by atoms with Crippen molar-refractivity contribution in [3.63, 3.8) is 0 Å². The van der Waals surface area contributed by atoms with Crippen LogP contribution in [0.4, 0.5) is 0 Å². The minimum atomic E-state index is 1.23. The van der Waals surface area contributed by atoms with E-state index < -0.39 is 0 Å². The maximum Gasteiger partial charge on any atom is 0.0581 e. The minimum Gasteiger partial charge on any atom is -0.343 e. The highest BCUT2D eigenvalue weighted by Crippen LogP contribution is 2.53. The quantitative estimate of drug-likeness (QED) is 0.209. The number of nitrogens with zero attached hydrogens (tertiary/aromatic N) is 1. The second-order valence-electron chi connectivity index (χ2n) is 11.8. The summed E-state index contributed by atoms with van der Waals surface area (Å²) in [7, 11) is 2.23. The van der Waals surface area contributed by atoms with Gasteiger partial charge in [-0.25, -0.2) is 0 Å². The lowest BCUT2D eigenvalue weighted by molar-refractivity contribution is 1.02. The van der Waals surface area contributed by atoms with Gasteiger partial charge in [-0.2, -0.15) is 0 Å². The van der Waals surface area contributed by atoms with Gasteiger partial charge < -0.3 is 4.57 Å². The van der Waals surface area contributed by atoms with Crippen molar-refractivity contribution >= 4 is 21.8 Å². The van der Waals surface area contributed by atoms with Crippen LogP contribution in [-0.2, 0) is 7.05 Å². The summed E-state index contributed by atoms with van der Waals surface area (Å²) in [6.45, 7) is 8.65. The molecule has 42 heavy (non-hydrogen) atoms. The first-order chi connectivity index (χ1) is 20.4. The Morgan fingerprint density at radius 1 is 0.381 bits per heavy atom. The Kier molecular flexibility index (Phi) is 6.32. The highest BCUT2D eigenvalue weighted by atomic mass is 14.9. The molecule has 0 saturated heterocycles. The van der Waals surface area contributed by atoms with Gasteiger partial charge in [-0.3, -0.25) is 0 Å². The summed E-state index contributed by atoms with van der Waals surface area (Å²) < 4.78 is 2.41. The predicted octanol–water partition coefficient (Wildman–Crippen LogP) is 11.2. The number of rotatable bonds is 4. The van der Waals surface area contributed by atoms with Crippen LogP contribution in [0.2, 0.25) is 0 Å². The number of para-hydroxylation sites is 1. The molecule has 1 nitrogen and oxygen atoms in total. The van der Waals surface area contributed by atoms with Crippen molar-refractivity contribution in [3.8, 4) is 44.5 Å². The lowest BCUT2D eigenvalue weighted by atomic mass is 9.80. The van der Waals surface area contributed by atoms with Crippen LogP contribution in [-0.4, -0.2) is 4.57 Å². The molecule has 6 aromatic carbocycles. The molecule has 0 aliphatic heterocycles. The third-order valence-corrected chi connectivity index (χ3v) is 8.70. The zero-order valence-corrected chi connectivity index (χ0v) is 25.0. The lowest BCUT2D eigenvalue weighted by Crippen LogP contribution is -1.99. The van der Waals surface area contributed by atoms with Gasteiger partial charge in [0, 0.05) is 40.0 Å². The van der Waals surface area contributed by atoms with E-state index in [0.29, 0.717) is 0 Å². The average molecular weight is 542 g/mol. The molecule has 0 amide bonds. The summed E-state index contributed by atoms with van der Waals surface area (Å²) in [6.07, 6.45) is 0. The second kappa shape index (κ2) is 10.2. The average Bonchev–Trinajstić information content (AvgIpc) is 3.30. The first kappa shape index (κ1) is 26.0. The third-order valence-electron chi connectivity index (χ3n) is 8.70. The molecule has 1 aromatic heterocycles. The molecule has 7 rings (SSSR count). The molecule has 1 heteroatoms. The van der Waals surface area contributed by atoms with Gasteiger partial charge in [0.25, 0.3) is 0 Å². The molecule has 0 fully saturated rings. The Morgan fingerprint density at radius 2 is 0.738 bits per heavy atom. The topological polar surface area (TPSA) is 4.93 Å². The Balaban J connectivity index is 1.81. The largest absolute Gasteiger partial charge is 0.343 e. The number of aryl methyl sites for hydroxylation is 5. The van der Waals surface area contributed by atoms with Gasteiger partial charge in [0.15, 0.2) is 0 Å². The van der Waals surface area contributed by atoms with Crippen LogP contribution in [0.3, 0.4) is 0 Å². The SMILES string of the molecule is Cc1ccc(-c2c(-c3ccc(C)cc3)c(-c3ccc(C)cc3)c3c(c2-c2ccc(C)cc2)c2ccccc2n3C)cc1. The summed E-state index contributed by atoms with van der Waals surface area (Å²) in [4.78, 5) is 0. The van der Waals surface area contributed by atoms with E-state index in [0.717, 1.165) is 0 Å². The van der Waals surface area contributed by atoms with E-state index in [1.165, 1.54) is 88.6 Å².